The Morgan fingerprint density at radius 1 is 1.09 bits per heavy atom. The van der Waals surface area contributed by atoms with Crippen LogP contribution in [0.4, 0.5) is 0 Å². The van der Waals surface area contributed by atoms with Crippen molar-refractivity contribution in [3.63, 3.8) is 0 Å². The highest BCUT2D eigenvalue weighted by Crippen LogP contribution is 2.45. The molecule has 1 N–H and O–H groups in total. The summed E-state index contributed by atoms with van der Waals surface area (Å²) in [6.07, 6.45) is 9.05. The van der Waals surface area contributed by atoms with Crippen LogP contribution in [0.3, 0.4) is 0 Å². The van der Waals surface area contributed by atoms with Gasteiger partial charge in [0, 0.05) is 10.5 Å². The summed E-state index contributed by atoms with van der Waals surface area (Å²) in [6, 6.07) is 15.5. The Balaban J connectivity index is 1.64. The van der Waals surface area contributed by atoms with Crippen LogP contribution in [0, 0.1) is 5.92 Å². The maximum absolute atomic E-state index is 12.9. The fraction of sp³-hybridized carbons (Fsp3) is 0.444. The van der Waals surface area contributed by atoms with E-state index in [1.165, 1.54) is 50.1 Å². The van der Waals surface area contributed by atoms with Gasteiger partial charge in [-0.2, -0.15) is 0 Å². The second-order valence-corrected chi connectivity index (χ2v) is 10.2. The van der Waals surface area contributed by atoms with E-state index in [0.717, 1.165) is 10.5 Å². The first-order valence-corrected chi connectivity index (χ1v) is 12.5. The Bertz CT molecular complexity index is 964. The Hall–Kier alpha value is -2.24. The van der Waals surface area contributed by atoms with Crippen molar-refractivity contribution in [1.29, 1.82) is 0 Å². The molecule has 0 saturated heterocycles. The SMILES string of the molecule is CC(C)c1ccccc1SC1C(=O)OC=CC1(O)c1ccccc1OCC1CCCCC1. The van der Waals surface area contributed by atoms with Crippen LogP contribution in [-0.4, -0.2) is 22.9 Å². The van der Waals surface area contributed by atoms with E-state index in [0.29, 0.717) is 29.8 Å². The van der Waals surface area contributed by atoms with Crippen LogP contribution in [0.15, 0.2) is 65.8 Å². The van der Waals surface area contributed by atoms with Crippen molar-refractivity contribution in [3.8, 4) is 5.75 Å². The molecule has 32 heavy (non-hydrogen) atoms. The molecule has 2 atom stereocenters. The number of para-hydroxylation sites is 1. The Labute approximate surface area is 195 Å². The summed E-state index contributed by atoms with van der Waals surface area (Å²) in [7, 11) is 0. The van der Waals surface area contributed by atoms with Crippen LogP contribution in [0.5, 0.6) is 5.75 Å². The minimum atomic E-state index is -1.53. The van der Waals surface area contributed by atoms with E-state index in [2.05, 4.69) is 19.9 Å². The first-order valence-electron chi connectivity index (χ1n) is 11.6. The number of carbonyl (C=O) groups is 1. The molecule has 2 unspecified atom stereocenters. The lowest BCUT2D eigenvalue weighted by molar-refractivity contribution is -0.143. The summed E-state index contributed by atoms with van der Waals surface area (Å²) in [5, 5.41) is 11.1. The van der Waals surface area contributed by atoms with Crippen LogP contribution >= 0.6 is 11.8 Å². The molecular weight excluding hydrogens is 420 g/mol. The van der Waals surface area contributed by atoms with Crippen molar-refractivity contribution >= 4 is 17.7 Å². The molecule has 0 radical (unpaired) electrons. The maximum atomic E-state index is 12.9. The van der Waals surface area contributed by atoms with Crippen LogP contribution in [0.2, 0.25) is 0 Å². The van der Waals surface area contributed by atoms with Crippen molar-refractivity contribution in [2.75, 3.05) is 6.61 Å². The molecule has 0 aromatic heterocycles. The van der Waals surface area contributed by atoms with Gasteiger partial charge in [-0.1, -0.05) is 69.5 Å². The number of thioether (sulfide) groups is 1. The van der Waals surface area contributed by atoms with Gasteiger partial charge in [0.05, 0.1) is 12.9 Å². The average Bonchev–Trinajstić information content (AvgIpc) is 2.81. The normalized spacial score (nSPS) is 23.9. The lowest BCUT2D eigenvalue weighted by Gasteiger charge is -2.36. The van der Waals surface area contributed by atoms with Gasteiger partial charge in [0.25, 0.3) is 0 Å². The zero-order chi connectivity index (χ0) is 22.6. The first-order chi connectivity index (χ1) is 15.5. The summed E-state index contributed by atoms with van der Waals surface area (Å²) in [5.41, 5.74) is 0.208. The number of cyclic esters (lactones) is 1. The molecule has 1 aliphatic heterocycles. The minimum absolute atomic E-state index is 0.299. The molecule has 4 nitrogen and oxygen atoms in total. The fourth-order valence-electron chi connectivity index (χ4n) is 4.58. The largest absolute Gasteiger partial charge is 0.493 e. The second kappa shape index (κ2) is 10.1. The number of rotatable bonds is 7. The standard InChI is InChI=1S/C27H32O4S/c1-19(2)21-12-6-9-15-24(21)32-25-26(28)30-17-16-27(25,29)22-13-7-8-14-23(22)31-18-20-10-4-3-5-11-20/h6-9,12-17,19-20,25,29H,3-5,10-11,18H2,1-2H3. The van der Waals surface area contributed by atoms with E-state index in [1.54, 1.807) is 6.08 Å². The number of carbonyl (C=O) groups excluding carboxylic acids is 1. The number of hydrogen-bond donors (Lipinski definition) is 1. The van der Waals surface area contributed by atoms with Crippen molar-refractivity contribution in [3.05, 3.63) is 72.0 Å². The number of esters is 1. The smallest absolute Gasteiger partial charge is 0.327 e. The predicted molar refractivity (Wildman–Crippen MR) is 128 cm³/mol. The van der Waals surface area contributed by atoms with Crippen LogP contribution in [0.1, 0.15) is 63.0 Å². The van der Waals surface area contributed by atoms with Gasteiger partial charge in [0.1, 0.15) is 16.6 Å². The van der Waals surface area contributed by atoms with Crippen LogP contribution < -0.4 is 4.74 Å². The molecule has 1 fully saturated rings. The van der Waals surface area contributed by atoms with E-state index in [-0.39, 0.29) is 0 Å². The molecule has 1 aliphatic carbocycles. The quantitative estimate of drug-likeness (QED) is 0.508. The minimum Gasteiger partial charge on any atom is -0.493 e. The van der Waals surface area contributed by atoms with Gasteiger partial charge >= 0.3 is 5.97 Å². The fourth-order valence-corrected chi connectivity index (χ4v) is 5.97. The molecule has 2 aromatic rings. The zero-order valence-corrected chi connectivity index (χ0v) is 19.6. The molecule has 1 saturated carbocycles. The van der Waals surface area contributed by atoms with E-state index in [9.17, 15) is 9.90 Å². The average molecular weight is 453 g/mol. The topological polar surface area (TPSA) is 55.8 Å². The second-order valence-electron chi connectivity index (χ2n) is 9.07. The molecule has 5 heteroatoms. The summed E-state index contributed by atoms with van der Waals surface area (Å²) in [4.78, 5) is 13.9. The Morgan fingerprint density at radius 3 is 2.59 bits per heavy atom. The van der Waals surface area contributed by atoms with Gasteiger partial charge in [-0.15, -0.1) is 11.8 Å². The third-order valence-corrected chi connectivity index (χ3v) is 7.84. The van der Waals surface area contributed by atoms with Crippen molar-refractivity contribution in [2.24, 2.45) is 5.92 Å². The molecule has 4 rings (SSSR count). The highest BCUT2D eigenvalue weighted by molar-refractivity contribution is 8.00. The molecule has 2 aliphatic rings. The summed E-state index contributed by atoms with van der Waals surface area (Å²) < 4.78 is 11.5. The van der Waals surface area contributed by atoms with Crippen LogP contribution in [-0.2, 0) is 15.1 Å². The van der Waals surface area contributed by atoms with Crippen molar-refractivity contribution in [2.45, 2.75) is 67.6 Å². The summed E-state index contributed by atoms with van der Waals surface area (Å²) in [5.74, 6) is 1.01. The van der Waals surface area contributed by atoms with Crippen molar-refractivity contribution < 1.29 is 19.4 Å². The molecule has 1 heterocycles. The molecule has 170 valence electrons. The molecule has 0 spiro atoms. The zero-order valence-electron chi connectivity index (χ0n) is 18.8. The molecule has 2 aromatic carbocycles. The number of ether oxygens (including phenoxy) is 2. The first kappa shape index (κ1) is 22.9. The summed E-state index contributed by atoms with van der Waals surface area (Å²) in [6.45, 7) is 4.88. The van der Waals surface area contributed by atoms with Gasteiger partial charge in [0.2, 0.25) is 0 Å². The van der Waals surface area contributed by atoms with E-state index >= 15 is 0 Å². The monoisotopic (exact) mass is 452 g/mol. The lowest BCUT2D eigenvalue weighted by Crippen LogP contribution is -2.44. The van der Waals surface area contributed by atoms with Gasteiger partial charge in [0.15, 0.2) is 0 Å². The number of aliphatic hydroxyl groups is 1. The third-order valence-electron chi connectivity index (χ3n) is 6.42. The van der Waals surface area contributed by atoms with Crippen LogP contribution in [0.25, 0.3) is 0 Å². The highest BCUT2D eigenvalue weighted by atomic mass is 32.2. The molecule has 0 bridgehead atoms. The van der Waals surface area contributed by atoms with Gasteiger partial charge < -0.3 is 14.6 Å². The highest BCUT2D eigenvalue weighted by Gasteiger charge is 2.47. The van der Waals surface area contributed by atoms with Crippen molar-refractivity contribution in [1.82, 2.24) is 0 Å². The maximum Gasteiger partial charge on any atom is 0.327 e. The van der Waals surface area contributed by atoms with Gasteiger partial charge in [-0.3, -0.25) is 4.79 Å². The summed E-state index contributed by atoms with van der Waals surface area (Å²) >= 11 is 1.35. The van der Waals surface area contributed by atoms with Gasteiger partial charge in [-0.05, 0) is 48.4 Å². The Kier molecular flexibility index (Phi) is 7.27. The lowest BCUT2D eigenvalue weighted by atomic mass is 9.88. The molecular formula is C27H32O4S. The predicted octanol–water partition coefficient (Wildman–Crippen LogP) is 6.19. The molecule has 0 amide bonds. The van der Waals surface area contributed by atoms with E-state index in [1.807, 2.05) is 42.5 Å². The number of hydrogen-bond acceptors (Lipinski definition) is 5. The van der Waals surface area contributed by atoms with Gasteiger partial charge in [-0.25, -0.2) is 0 Å². The van der Waals surface area contributed by atoms with E-state index < -0.39 is 16.8 Å². The third kappa shape index (κ3) is 4.89. The van der Waals surface area contributed by atoms with E-state index in [4.69, 9.17) is 9.47 Å². The Morgan fingerprint density at radius 2 is 1.81 bits per heavy atom. The number of benzene rings is 2.